The van der Waals surface area contributed by atoms with Gasteiger partial charge in [-0.1, -0.05) is 48.0 Å². The third kappa shape index (κ3) is 2.64. The van der Waals surface area contributed by atoms with Crippen molar-refractivity contribution < 1.29 is 13.2 Å². The third-order valence-electron chi connectivity index (χ3n) is 5.41. The van der Waals surface area contributed by atoms with Crippen molar-refractivity contribution in [3.8, 4) is 0 Å². The fourth-order valence-electron chi connectivity index (χ4n) is 4.41. The van der Waals surface area contributed by atoms with E-state index in [9.17, 15) is 13.2 Å². The molecule has 2 aliphatic rings. The zero-order chi connectivity index (χ0) is 17.8. The van der Waals surface area contributed by atoms with Gasteiger partial charge in [-0.05, 0) is 48.9 Å². The van der Waals surface area contributed by atoms with Crippen LogP contribution in [0, 0.1) is 19.8 Å². The number of aryl methyl sites for hydroxylation is 2. The van der Waals surface area contributed by atoms with Gasteiger partial charge in [0, 0.05) is 11.6 Å². The molecule has 4 heteroatoms. The number of alkyl halides is 3. The Labute approximate surface area is 145 Å². The second kappa shape index (κ2) is 5.65. The standard InChI is InChI=1S/C21H20F3N/c1-12-10-13(2)19-17(11-12)14-7-5-8-15(14)20(25-19)16-6-3-4-9-18(16)21(22,23)24/h3-7,9-11,14-15,20,25H,8H2,1-2H3/t14-,15+,20+/m1/s1. The van der Waals surface area contributed by atoms with Gasteiger partial charge < -0.3 is 5.32 Å². The summed E-state index contributed by atoms with van der Waals surface area (Å²) in [5, 5.41) is 3.45. The van der Waals surface area contributed by atoms with Crippen molar-refractivity contribution in [1.82, 2.24) is 0 Å². The summed E-state index contributed by atoms with van der Waals surface area (Å²) in [6.45, 7) is 4.08. The quantitative estimate of drug-likeness (QED) is 0.613. The fraction of sp³-hybridized carbons (Fsp3) is 0.333. The Bertz CT molecular complexity index is 851. The van der Waals surface area contributed by atoms with E-state index in [-0.39, 0.29) is 17.9 Å². The van der Waals surface area contributed by atoms with E-state index < -0.39 is 11.7 Å². The molecule has 2 aromatic carbocycles. The third-order valence-corrected chi connectivity index (χ3v) is 5.41. The lowest BCUT2D eigenvalue weighted by molar-refractivity contribution is -0.138. The second-order valence-corrected chi connectivity index (χ2v) is 7.11. The largest absolute Gasteiger partial charge is 0.416 e. The van der Waals surface area contributed by atoms with Crippen LogP contribution in [0.15, 0.2) is 48.6 Å². The van der Waals surface area contributed by atoms with E-state index >= 15 is 0 Å². The summed E-state index contributed by atoms with van der Waals surface area (Å²) < 4.78 is 40.6. The van der Waals surface area contributed by atoms with E-state index in [2.05, 4.69) is 36.5 Å². The zero-order valence-electron chi connectivity index (χ0n) is 14.2. The van der Waals surface area contributed by atoms with Crippen LogP contribution in [-0.2, 0) is 6.18 Å². The number of benzene rings is 2. The molecule has 1 N–H and O–H groups in total. The van der Waals surface area contributed by atoms with Gasteiger partial charge in [0.25, 0.3) is 0 Å². The molecule has 0 radical (unpaired) electrons. The lowest BCUT2D eigenvalue weighted by Gasteiger charge is -2.39. The Morgan fingerprint density at radius 3 is 2.56 bits per heavy atom. The summed E-state index contributed by atoms with van der Waals surface area (Å²) in [6.07, 6.45) is 0.711. The second-order valence-electron chi connectivity index (χ2n) is 7.11. The number of hydrogen-bond donors (Lipinski definition) is 1. The molecule has 0 bridgehead atoms. The first-order valence-corrected chi connectivity index (χ1v) is 8.56. The van der Waals surface area contributed by atoms with Crippen molar-refractivity contribution in [2.45, 2.75) is 38.4 Å². The highest BCUT2D eigenvalue weighted by Gasteiger charge is 2.42. The maximum absolute atomic E-state index is 13.5. The fourth-order valence-corrected chi connectivity index (χ4v) is 4.41. The van der Waals surface area contributed by atoms with Crippen LogP contribution >= 0.6 is 0 Å². The molecule has 3 atom stereocenters. The number of anilines is 1. The summed E-state index contributed by atoms with van der Waals surface area (Å²) in [7, 11) is 0. The number of fused-ring (bicyclic) bond motifs is 3. The highest BCUT2D eigenvalue weighted by molar-refractivity contribution is 5.65. The highest BCUT2D eigenvalue weighted by Crippen LogP contribution is 2.52. The van der Waals surface area contributed by atoms with Crippen LogP contribution in [0.3, 0.4) is 0 Å². The van der Waals surface area contributed by atoms with Crippen molar-refractivity contribution in [3.63, 3.8) is 0 Å². The molecule has 0 spiro atoms. The van der Waals surface area contributed by atoms with Crippen LogP contribution in [0.2, 0.25) is 0 Å². The Hall–Kier alpha value is -2.23. The van der Waals surface area contributed by atoms with E-state index in [4.69, 9.17) is 0 Å². The average Bonchev–Trinajstić information content (AvgIpc) is 3.03. The number of nitrogens with one attached hydrogen (secondary N) is 1. The molecule has 0 saturated carbocycles. The Kier molecular flexibility index (Phi) is 3.67. The molecule has 130 valence electrons. The van der Waals surface area contributed by atoms with Gasteiger partial charge in [-0.15, -0.1) is 0 Å². The first-order valence-electron chi connectivity index (χ1n) is 8.56. The molecular formula is C21H20F3N. The SMILES string of the molecule is Cc1cc(C)c2c(c1)[C@@H]1C=CC[C@@H]1[C@@H](c1ccccc1C(F)(F)F)N2. The number of allylic oxidation sites excluding steroid dienone is 2. The van der Waals surface area contributed by atoms with Crippen molar-refractivity contribution in [2.24, 2.45) is 5.92 Å². The molecule has 1 heterocycles. The van der Waals surface area contributed by atoms with Gasteiger partial charge in [0.15, 0.2) is 0 Å². The minimum absolute atomic E-state index is 0.109. The molecular weight excluding hydrogens is 323 g/mol. The minimum atomic E-state index is -4.34. The Balaban J connectivity index is 1.86. The van der Waals surface area contributed by atoms with Gasteiger partial charge in [0.05, 0.1) is 11.6 Å². The van der Waals surface area contributed by atoms with Crippen LogP contribution in [-0.4, -0.2) is 0 Å². The van der Waals surface area contributed by atoms with Crippen LogP contribution in [0.25, 0.3) is 0 Å². The highest BCUT2D eigenvalue weighted by atomic mass is 19.4. The van der Waals surface area contributed by atoms with Gasteiger partial charge >= 0.3 is 6.18 Å². The lowest BCUT2D eigenvalue weighted by atomic mass is 9.75. The predicted molar refractivity (Wildman–Crippen MR) is 93.7 cm³/mol. The maximum Gasteiger partial charge on any atom is 0.416 e. The summed E-state index contributed by atoms with van der Waals surface area (Å²) >= 11 is 0. The van der Waals surface area contributed by atoms with Crippen LogP contribution < -0.4 is 5.32 Å². The summed E-state index contributed by atoms with van der Waals surface area (Å²) in [5.41, 5.74) is 4.28. The van der Waals surface area contributed by atoms with Crippen LogP contribution in [0.5, 0.6) is 0 Å². The van der Waals surface area contributed by atoms with Gasteiger partial charge in [-0.3, -0.25) is 0 Å². The topological polar surface area (TPSA) is 12.0 Å². The summed E-state index contributed by atoms with van der Waals surface area (Å²) in [4.78, 5) is 0. The number of halogens is 3. The summed E-state index contributed by atoms with van der Waals surface area (Å²) in [5.74, 6) is 0.276. The molecule has 0 amide bonds. The Morgan fingerprint density at radius 1 is 1.04 bits per heavy atom. The molecule has 1 aliphatic carbocycles. The number of rotatable bonds is 1. The summed E-state index contributed by atoms with van der Waals surface area (Å²) in [6, 6.07) is 9.86. The van der Waals surface area contributed by atoms with Crippen LogP contribution in [0.1, 0.15) is 46.2 Å². The first kappa shape index (κ1) is 16.2. The molecule has 0 fully saturated rings. The van der Waals surface area contributed by atoms with Gasteiger partial charge in [0.2, 0.25) is 0 Å². The molecule has 0 aromatic heterocycles. The smallest absolute Gasteiger partial charge is 0.377 e. The lowest BCUT2D eigenvalue weighted by Crippen LogP contribution is -2.31. The monoisotopic (exact) mass is 343 g/mol. The average molecular weight is 343 g/mol. The molecule has 25 heavy (non-hydrogen) atoms. The maximum atomic E-state index is 13.5. The molecule has 1 aliphatic heterocycles. The number of hydrogen-bond acceptors (Lipinski definition) is 1. The van der Waals surface area contributed by atoms with Crippen molar-refractivity contribution in [2.75, 3.05) is 5.32 Å². The predicted octanol–water partition coefficient (Wildman–Crippen LogP) is 6.15. The normalized spacial score (nSPS) is 24.6. The molecule has 0 unspecified atom stereocenters. The minimum Gasteiger partial charge on any atom is -0.377 e. The van der Waals surface area contributed by atoms with E-state index in [1.165, 1.54) is 23.3 Å². The first-order chi connectivity index (χ1) is 11.9. The van der Waals surface area contributed by atoms with Crippen molar-refractivity contribution in [1.29, 1.82) is 0 Å². The molecule has 1 nitrogen and oxygen atoms in total. The van der Waals surface area contributed by atoms with E-state index in [1.807, 2.05) is 6.92 Å². The van der Waals surface area contributed by atoms with Crippen LogP contribution in [0.4, 0.5) is 18.9 Å². The van der Waals surface area contributed by atoms with Crippen molar-refractivity contribution in [3.05, 3.63) is 76.4 Å². The van der Waals surface area contributed by atoms with E-state index in [0.29, 0.717) is 5.56 Å². The molecule has 2 aromatic rings. The van der Waals surface area contributed by atoms with Crippen molar-refractivity contribution >= 4 is 5.69 Å². The van der Waals surface area contributed by atoms with Gasteiger partial charge in [0.1, 0.15) is 0 Å². The molecule has 0 saturated heterocycles. The van der Waals surface area contributed by atoms with Gasteiger partial charge in [-0.2, -0.15) is 13.2 Å². The van der Waals surface area contributed by atoms with E-state index in [0.717, 1.165) is 17.7 Å². The molecule has 4 rings (SSSR count). The van der Waals surface area contributed by atoms with Gasteiger partial charge in [-0.25, -0.2) is 0 Å². The zero-order valence-corrected chi connectivity index (χ0v) is 14.2. The Morgan fingerprint density at radius 2 is 1.80 bits per heavy atom. The van der Waals surface area contributed by atoms with E-state index in [1.54, 1.807) is 12.1 Å².